The van der Waals surface area contributed by atoms with E-state index in [-0.39, 0.29) is 0 Å². The highest BCUT2D eigenvalue weighted by Crippen LogP contribution is 2.60. The molecule has 2 atom stereocenters. The van der Waals surface area contributed by atoms with E-state index in [0.717, 1.165) is 51.7 Å². The molecular weight excluding hydrogens is 428 g/mol. The Morgan fingerprint density at radius 1 is 0.758 bits per heavy atom. The van der Waals surface area contributed by atoms with Crippen LogP contribution >= 0.6 is 0 Å². The average Bonchev–Trinajstić information content (AvgIpc) is 3.53. The molecule has 8 nitrogen and oxygen atoms in total. The Hall–Kier alpha value is -1.67. The van der Waals surface area contributed by atoms with Crippen LogP contribution < -0.4 is 0 Å². The van der Waals surface area contributed by atoms with Gasteiger partial charge in [-0.25, -0.2) is 4.79 Å². The van der Waals surface area contributed by atoms with Gasteiger partial charge in [-0.3, -0.25) is 9.59 Å². The quantitative estimate of drug-likeness (QED) is 0.372. The number of ether oxygens (including phenoxy) is 1. The van der Waals surface area contributed by atoms with Crippen LogP contribution in [0.3, 0.4) is 0 Å². The summed E-state index contributed by atoms with van der Waals surface area (Å²) in [6.07, 6.45) is 7.79. The molecule has 4 N–H and O–H groups in total. The van der Waals surface area contributed by atoms with Crippen LogP contribution in [0.15, 0.2) is 0 Å². The van der Waals surface area contributed by atoms with Crippen LogP contribution in [-0.4, -0.2) is 57.1 Å². The normalized spacial score (nSPS) is 23.0. The van der Waals surface area contributed by atoms with E-state index < -0.39 is 52.6 Å². The minimum Gasteiger partial charge on any atom is -0.481 e. The molecule has 0 saturated heterocycles. The topological polar surface area (TPSA) is 141 Å². The van der Waals surface area contributed by atoms with Gasteiger partial charge in [0.1, 0.15) is 11.3 Å². The lowest BCUT2D eigenvalue weighted by molar-refractivity contribution is -0.226. The SMILES string of the molecule is CCOCC.O=C(O)C(C1CCCC1)C(O)(C(=O)O)C(C(=O)O)(C1CCCC1)C1CCCC1. The fraction of sp³-hybridized carbons (Fsp3) is 0.880. The molecule has 0 radical (unpaired) electrons. The van der Waals surface area contributed by atoms with E-state index in [9.17, 15) is 34.8 Å². The van der Waals surface area contributed by atoms with Crippen LogP contribution in [0.4, 0.5) is 0 Å². The summed E-state index contributed by atoms with van der Waals surface area (Å²) < 4.78 is 4.83. The Morgan fingerprint density at radius 3 is 1.42 bits per heavy atom. The maximum atomic E-state index is 12.9. The summed E-state index contributed by atoms with van der Waals surface area (Å²) in [7, 11) is 0. The van der Waals surface area contributed by atoms with Gasteiger partial charge in [-0.05, 0) is 70.1 Å². The van der Waals surface area contributed by atoms with Crippen LogP contribution in [0.2, 0.25) is 0 Å². The maximum Gasteiger partial charge on any atom is 0.337 e. The molecule has 3 fully saturated rings. The fourth-order valence-corrected chi connectivity index (χ4v) is 7.01. The van der Waals surface area contributed by atoms with Crippen molar-refractivity contribution in [2.75, 3.05) is 13.2 Å². The summed E-state index contributed by atoms with van der Waals surface area (Å²) in [6.45, 7) is 5.67. The van der Waals surface area contributed by atoms with Gasteiger partial charge in [0, 0.05) is 13.2 Å². The van der Waals surface area contributed by atoms with Gasteiger partial charge >= 0.3 is 17.9 Å². The molecule has 0 heterocycles. The number of rotatable bonds is 10. The number of hydrogen-bond acceptors (Lipinski definition) is 5. The summed E-state index contributed by atoms with van der Waals surface area (Å²) in [5, 5.41) is 42.6. The molecule has 2 unspecified atom stereocenters. The third kappa shape index (κ3) is 5.21. The molecule has 0 bridgehead atoms. The summed E-state index contributed by atoms with van der Waals surface area (Å²) in [6, 6.07) is 0. The summed E-state index contributed by atoms with van der Waals surface area (Å²) in [4.78, 5) is 37.8. The van der Waals surface area contributed by atoms with E-state index in [4.69, 9.17) is 4.74 Å². The highest BCUT2D eigenvalue weighted by Gasteiger charge is 2.73. The van der Waals surface area contributed by atoms with Gasteiger partial charge in [-0.1, -0.05) is 38.5 Å². The number of aliphatic hydroxyl groups is 1. The second-order valence-corrected chi connectivity index (χ2v) is 9.85. The number of aliphatic carboxylic acids is 3. The zero-order chi connectivity index (χ0) is 24.6. The number of hydrogen-bond donors (Lipinski definition) is 4. The van der Waals surface area contributed by atoms with E-state index in [2.05, 4.69) is 0 Å². The molecule has 0 amide bonds. The van der Waals surface area contributed by atoms with Crippen LogP contribution in [0, 0.1) is 29.1 Å². The van der Waals surface area contributed by atoms with Gasteiger partial charge in [-0.2, -0.15) is 0 Å². The third-order valence-corrected chi connectivity index (χ3v) is 8.30. The number of carboxylic acids is 3. The van der Waals surface area contributed by atoms with E-state index in [1.807, 2.05) is 13.8 Å². The molecule has 0 aromatic carbocycles. The number of carboxylic acid groups (broad SMARTS) is 3. The molecule has 3 saturated carbocycles. The van der Waals surface area contributed by atoms with Crippen molar-refractivity contribution in [1.29, 1.82) is 0 Å². The number of carbonyl (C=O) groups is 3. The predicted molar refractivity (Wildman–Crippen MR) is 122 cm³/mol. The zero-order valence-corrected chi connectivity index (χ0v) is 20.1. The van der Waals surface area contributed by atoms with E-state index in [1.165, 1.54) is 0 Å². The molecule has 190 valence electrons. The van der Waals surface area contributed by atoms with Crippen molar-refractivity contribution in [2.45, 2.75) is 96.5 Å². The van der Waals surface area contributed by atoms with E-state index in [1.54, 1.807) is 0 Å². The lowest BCUT2D eigenvalue weighted by atomic mass is 9.51. The first-order chi connectivity index (χ1) is 15.7. The summed E-state index contributed by atoms with van der Waals surface area (Å²) in [5.74, 6) is -7.56. The van der Waals surface area contributed by atoms with Crippen LogP contribution in [0.5, 0.6) is 0 Å². The smallest absolute Gasteiger partial charge is 0.337 e. The first-order valence-corrected chi connectivity index (χ1v) is 12.7. The van der Waals surface area contributed by atoms with Crippen LogP contribution in [0.25, 0.3) is 0 Å². The van der Waals surface area contributed by atoms with Crippen molar-refractivity contribution < 1.29 is 39.5 Å². The van der Waals surface area contributed by atoms with Gasteiger partial charge in [0.2, 0.25) is 0 Å². The molecule has 0 spiro atoms. The lowest BCUT2D eigenvalue weighted by Crippen LogP contribution is -2.70. The van der Waals surface area contributed by atoms with E-state index >= 15 is 0 Å². The van der Waals surface area contributed by atoms with Crippen LogP contribution in [0.1, 0.15) is 90.9 Å². The second-order valence-electron chi connectivity index (χ2n) is 9.85. The van der Waals surface area contributed by atoms with Crippen molar-refractivity contribution in [1.82, 2.24) is 0 Å². The Labute approximate surface area is 196 Å². The fourth-order valence-electron chi connectivity index (χ4n) is 7.01. The van der Waals surface area contributed by atoms with Crippen molar-refractivity contribution in [3.8, 4) is 0 Å². The highest BCUT2D eigenvalue weighted by atomic mass is 16.5. The van der Waals surface area contributed by atoms with Gasteiger partial charge in [-0.15, -0.1) is 0 Å². The molecule has 0 aromatic heterocycles. The average molecular weight is 471 g/mol. The monoisotopic (exact) mass is 470 g/mol. The molecule has 0 aromatic rings. The molecule has 3 aliphatic rings. The highest BCUT2D eigenvalue weighted by molar-refractivity contribution is 5.94. The Bertz CT molecular complexity index is 641. The Kier molecular flexibility index (Phi) is 10.2. The summed E-state index contributed by atoms with van der Waals surface area (Å²) >= 11 is 0. The standard InChI is InChI=1S/C21H32O7.C4H10O/c22-17(23)16(13-7-1-2-8-13)21(28,19(26)27)20(18(24)25,14-9-3-4-10-14)15-11-5-6-12-15;1-3-5-4-2/h13-16,28H,1-12H2,(H,22,23)(H,24,25)(H,26,27);3-4H2,1-2H3. The molecular formula is C25H42O8. The van der Waals surface area contributed by atoms with Gasteiger partial charge in [0.25, 0.3) is 0 Å². The molecule has 3 rings (SSSR count). The van der Waals surface area contributed by atoms with Crippen molar-refractivity contribution in [3.05, 3.63) is 0 Å². The van der Waals surface area contributed by atoms with Crippen LogP contribution in [-0.2, 0) is 19.1 Å². The largest absolute Gasteiger partial charge is 0.481 e. The molecule has 0 aliphatic heterocycles. The first kappa shape index (κ1) is 27.6. The van der Waals surface area contributed by atoms with Crippen molar-refractivity contribution in [2.24, 2.45) is 29.1 Å². The van der Waals surface area contributed by atoms with Crippen molar-refractivity contribution >= 4 is 17.9 Å². The zero-order valence-electron chi connectivity index (χ0n) is 20.1. The molecule has 3 aliphatic carbocycles. The lowest BCUT2D eigenvalue weighted by Gasteiger charge is -2.52. The molecule has 8 heteroatoms. The van der Waals surface area contributed by atoms with Gasteiger partial charge < -0.3 is 25.2 Å². The predicted octanol–water partition coefficient (Wildman–Crippen LogP) is 4.19. The summed E-state index contributed by atoms with van der Waals surface area (Å²) in [5.41, 5.74) is -4.78. The third-order valence-electron chi connectivity index (χ3n) is 8.30. The van der Waals surface area contributed by atoms with Gasteiger partial charge in [0.15, 0.2) is 5.60 Å². The minimum absolute atomic E-state index is 0.511. The minimum atomic E-state index is -2.82. The van der Waals surface area contributed by atoms with E-state index in [0.29, 0.717) is 38.5 Å². The Morgan fingerprint density at radius 2 is 1.15 bits per heavy atom. The van der Waals surface area contributed by atoms with Crippen molar-refractivity contribution in [3.63, 3.8) is 0 Å². The Balaban J connectivity index is 0.000000696. The van der Waals surface area contributed by atoms with Gasteiger partial charge in [0.05, 0.1) is 0 Å². The first-order valence-electron chi connectivity index (χ1n) is 12.7. The second kappa shape index (κ2) is 12.2. The maximum absolute atomic E-state index is 12.9. The molecule has 33 heavy (non-hydrogen) atoms.